The fourth-order valence-electron chi connectivity index (χ4n) is 4.64. The first kappa shape index (κ1) is 20.6. The summed E-state index contributed by atoms with van der Waals surface area (Å²) < 4.78 is 0.940. The van der Waals surface area contributed by atoms with Gasteiger partial charge in [0.1, 0.15) is 12.2 Å². The highest BCUT2D eigenvalue weighted by molar-refractivity contribution is 5.71. The number of fused-ring (bicyclic) bond motifs is 2. The number of benzene rings is 2. The van der Waals surface area contributed by atoms with E-state index in [0.29, 0.717) is 0 Å². The van der Waals surface area contributed by atoms with Crippen LogP contribution in [0, 0.1) is 0 Å². The SMILES string of the molecule is CCC[N+](C)(C)CC(C)Nc1ccc(NC)c2c1C(O)c1ccccc1C2O. The molecule has 0 aliphatic heterocycles. The lowest BCUT2D eigenvalue weighted by atomic mass is 9.80. The Kier molecular flexibility index (Phi) is 5.98. The predicted octanol–water partition coefficient (Wildman–Crippen LogP) is 3.49. The van der Waals surface area contributed by atoms with Gasteiger partial charge in [0.05, 0.1) is 33.2 Å². The average Bonchev–Trinajstić information content (AvgIpc) is 2.65. The lowest BCUT2D eigenvalue weighted by molar-refractivity contribution is -0.890. The summed E-state index contributed by atoms with van der Waals surface area (Å²) >= 11 is 0. The van der Waals surface area contributed by atoms with Crippen molar-refractivity contribution in [2.75, 3.05) is 44.9 Å². The van der Waals surface area contributed by atoms with Crippen LogP contribution < -0.4 is 10.6 Å². The van der Waals surface area contributed by atoms with Crippen LogP contribution in [0.25, 0.3) is 0 Å². The molecule has 0 amide bonds. The molecule has 28 heavy (non-hydrogen) atoms. The third-order valence-corrected chi connectivity index (χ3v) is 5.69. The molecule has 0 bridgehead atoms. The molecule has 5 nitrogen and oxygen atoms in total. The van der Waals surface area contributed by atoms with Crippen LogP contribution in [-0.2, 0) is 0 Å². The van der Waals surface area contributed by atoms with Crippen LogP contribution in [0.5, 0.6) is 0 Å². The molecule has 3 rings (SSSR count). The molecule has 2 aromatic carbocycles. The quantitative estimate of drug-likeness (QED) is 0.552. The van der Waals surface area contributed by atoms with Gasteiger partial charge in [0, 0.05) is 29.5 Å². The summed E-state index contributed by atoms with van der Waals surface area (Å²) in [5.41, 5.74) is 4.80. The Bertz CT molecular complexity index is 835. The van der Waals surface area contributed by atoms with Crippen molar-refractivity contribution in [3.05, 3.63) is 58.7 Å². The molecule has 0 saturated heterocycles. The molecule has 0 spiro atoms. The summed E-state index contributed by atoms with van der Waals surface area (Å²) in [4.78, 5) is 0. The highest BCUT2D eigenvalue weighted by Crippen LogP contribution is 2.47. The van der Waals surface area contributed by atoms with Gasteiger partial charge in [-0.15, -0.1) is 0 Å². The van der Waals surface area contributed by atoms with Gasteiger partial charge in [0.25, 0.3) is 0 Å². The Balaban J connectivity index is 1.99. The second-order valence-corrected chi connectivity index (χ2v) is 8.56. The van der Waals surface area contributed by atoms with Gasteiger partial charge < -0.3 is 25.3 Å². The molecule has 5 heteroatoms. The number of likely N-dealkylation sites (N-methyl/N-ethyl adjacent to an activating group) is 1. The standard InChI is InChI=1S/C23H34N3O2/c1-6-13-26(4,5)14-15(2)25-19-12-11-18(24-3)20-21(19)23(28)17-10-8-7-9-16(17)22(20)27/h7-12,15,22-25,27-28H,6,13-14H2,1-5H3/q+1. The highest BCUT2D eigenvalue weighted by atomic mass is 16.3. The number of nitrogens with one attached hydrogen (secondary N) is 2. The first-order valence-corrected chi connectivity index (χ1v) is 10.2. The van der Waals surface area contributed by atoms with Gasteiger partial charge >= 0.3 is 0 Å². The number of nitrogens with zero attached hydrogens (tertiary/aromatic N) is 1. The summed E-state index contributed by atoms with van der Waals surface area (Å²) in [5, 5.41) is 29.0. The zero-order valence-corrected chi connectivity index (χ0v) is 17.7. The van der Waals surface area contributed by atoms with Crippen LogP contribution in [0.15, 0.2) is 36.4 Å². The van der Waals surface area contributed by atoms with Crippen LogP contribution in [-0.4, -0.2) is 55.0 Å². The van der Waals surface area contributed by atoms with Gasteiger partial charge in [-0.25, -0.2) is 0 Å². The molecule has 2 aromatic rings. The second-order valence-electron chi connectivity index (χ2n) is 8.56. The lowest BCUT2D eigenvalue weighted by Gasteiger charge is -2.35. The zero-order valence-electron chi connectivity index (χ0n) is 17.7. The number of aliphatic hydroxyl groups is 2. The molecule has 0 heterocycles. The fourth-order valence-corrected chi connectivity index (χ4v) is 4.64. The minimum absolute atomic E-state index is 0.229. The molecule has 3 atom stereocenters. The Labute approximate surface area is 168 Å². The molecular weight excluding hydrogens is 350 g/mol. The van der Waals surface area contributed by atoms with Gasteiger partial charge in [-0.05, 0) is 36.6 Å². The second kappa shape index (κ2) is 8.11. The predicted molar refractivity (Wildman–Crippen MR) is 116 cm³/mol. The Morgan fingerprint density at radius 1 is 0.964 bits per heavy atom. The van der Waals surface area contributed by atoms with E-state index in [1.54, 1.807) is 0 Å². The van der Waals surface area contributed by atoms with Crippen molar-refractivity contribution in [2.24, 2.45) is 0 Å². The summed E-state index contributed by atoms with van der Waals surface area (Å²) in [5.74, 6) is 0. The number of rotatable bonds is 7. The smallest absolute Gasteiger partial charge is 0.107 e. The topological polar surface area (TPSA) is 64.5 Å². The first-order valence-electron chi connectivity index (χ1n) is 10.2. The molecule has 1 aliphatic carbocycles. The molecule has 0 radical (unpaired) electrons. The minimum atomic E-state index is -0.768. The Morgan fingerprint density at radius 3 is 2.04 bits per heavy atom. The molecular formula is C23H34N3O2+. The van der Waals surface area contributed by atoms with E-state index in [0.717, 1.165) is 57.6 Å². The maximum atomic E-state index is 11.2. The monoisotopic (exact) mass is 384 g/mol. The van der Waals surface area contributed by atoms with Crippen molar-refractivity contribution in [3.63, 3.8) is 0 Å². The maximum Gasteiger partial charge on any atom is 0.107 e. The van der Waals surface area contributed by atoms with E-state index in [2.05, 4.69) is 38.6 Å². The van der Waals surface area contributed by atoms with Gasteiger partial charge in [-0.3, -0.25) is 0 Å². The normalized spacial score (nSPS) is 19.5. The molecule has 0 aromatic heterocycles. The number of aliphatic hydroxyl groups excluding tert-OH is 2. The fraction of sp³-hybridized carbons (Fsp3) is 0.478. The Morgan fingerprint density at radius 2 is 1.50 bits per heavy atom. The van der Waals surface area contributed by atoms with E-state index in [1.165, 1.54) is 0 Å². The number of hydrogen-bond donors (Lipinski definition) is 4. The lowest BCUT2D eigenvalue weighted by Crippen LogP contribution is -2.47. The minimum Gasteiger partial charge on any atom is -0.388 e. The van der Waals surface area contributed by atoms with Crippen LogP contribution in [0.3, 0.4) is 0 Å². The number of quaternary nitrogens is 1. The van der Waals surface area contributed by atoms with Crippen molar-refractivity contribution in [2.45, 2.75) is 38.5 Å². The van der Waals surface area contributed by atoms with E-state index in [-0.39, 0.29) is 6.04 Å². The average molecular weight is 385 g/mol. The molecule has 3 unspecified atom stereocenters. The third kappa shape index (κ3) is 3.88. The third-order valence-electron chi connectivity index (χ3n) is 5.69. The summed E-state index contributed by atoms with van der Waals surface area (Å²) in [6, 6.07) is 11.8. The van der Waals surface area contributed by atoms with E-state index in [9.17, 15) is 10.2 Å². The van der Waals surface area contributed by atoms with E-state index >= 15 is 0 Å². The molecule has 1 aliphatic rings. The molecule has 0 fully saturated rings. The number of hydrogen-bond acceptors (Lipinski definition) is 4. The van der Waals surface area contributed by atoms with E-state index < -0.39 is 12.2 Å². The van der Waals surface area contributed by atoms with Crippen molar-refractivity contribution in [1.82, 2.24) is 0 Å². The van der Waals surface area contributed by atoms with Crippen molar-refractivity contribution >= 4 is 11.4 Å². The first-order chi connectivity index (χ1) is 13.3. The van der Waals surface area contributed by atoms with E-state index in [1.807, 2.05) is 43.4 Å². The van der Waals surface area contributed by atoms with Crippen LogP contribution in [0.2, 0.25) is 0 Å². The molecule has 4 N–H and O–H groups in total. The van der Waals surface area contributed by atoms with Crippen LogP contribution >= 0.6 is 0 Å². The maximum absolute atomic E-state index is 11.2. The van der Waals surface area contributed by atoms with Crippen molar-refractivity contribution in [3.8, 4) is 0 Å². The number of anilines is 2. The summed E-state index contributed by atoms with van der Waals surface area (Å²) in [6.07, 6.45) is -0.384. The summed E-state index contributed by atoms with van der Waals surface area (Å²) in [7, 11) is 6.34. The zero-order chi connectivity index (χ0) is 20.5. The molecule has 0 saturated carbocycles. The van der Waals surface area contributed by atoms with Crippen LogP contribution in [0.1, 0.15) is 54.7 Å². The van der Waals surface area contributed by atoms with Crippen molar-refractivity contribution in [1.29, 1.82) is 0 Å². The van der Waals surface area contributed by atoms with Crippen LogP contribution in [0.4, 0.5) is 11.4 Å². The largest absolute Gasteiger partial charge is 0.388 e. The highest BCUT2D eigenvalue weighted by Gasteiger charge is 2.34. The van der Waals surface area contributed by atoms with Gasteiger partial charge in [-0.2, -0.15) is 0 Å². The Hall–Kier alpha value is -2.08. The van der Waals surface area contributed by atoms with Gasteiger partial charge in [0.2, 0.25) is 0 Å². The summed E-state index contributed by atoms with van der Waals surface area (Å²) in [6.45, 7) is 6.48. The van der Waals surface area contributed by atoms with Crippen molar-refractivity contribution < 1.29 is 14.7 Å². The van der Waals surface area contributed by atoms with Gasteiger partial charge in [-0.1, -0.05) is 31.2 Å². The van der Waals surface area contributed by atoms with E-state index in [4.69, 9.17) is 0 Å². The molecule has 152 valence electrons. The van der Waals surface area contributed by atoms with Gasteiger partial charge in [0.15, 0.2) is 0 Å².